The lowest BCUT2D eigenvalue weighted by Crippen LogP contribution is -2.23. The second-order valence-electron chi connectivity index (χ2n) is 5.52. The number of carbonyl (C=O) groups excluding carboxylic acids is 1. The molecule has 3 aromatic heterocycles. The fourth-order valence-electron chi connectivity index (χ4n) is 2.40. The number of halogens is 1. The molecule has 0 unspecified atom stereocenters. The Hall–Kier alpha value is -3.68. The van der Waals surface area contributed by atoms with Gasteiger partial charge in [-0.15, -0.1) is 0 Å². The Morgan fingerprint density at radius 1 is 1.15 bits per heavy atom. The van der Waals surface area contributed by atoms with E-state index in [0.717, 1.165) is 0 Å². The van der Waals surface area contributed by atoms with Gasteiger partial charge in [0.1, 0.15) is 17.2 Å². The minimum absolute atomic E-state index is 0.188. The molecule has 2 N–H and O–H groups in total. The summed E-state index contributed by atoms with van der Waals surface area (Å²) in [6.07, 6.45) is 1.54. The standard InChI is InChI=1S/C18H13FN4O3/c19-12-5-3-11(4-6-12)14-9-15(22-21-14)18(24)20-10-13-8-17(26-23-13)16-2-1-7-25-16/h1-9H,10H2,(H,20,24)(H,21,22). The first-order valence-corrected chi connectivity index (χ1v) is 7.78. The van der Waals surface area contributed by atoms with E-state index in [9.17, 15) is 9.18 Å². The van der Waals surface area contributed by atoms with Crippen molar-refractivity contribution in [2.75, 3.05) is 0 Å². The van der Waals surface area contributed by atoms with Gasteiger partial charge in [0.05, 0.1) is 18.5 Å². The van der Waals surface area contributed by atoms with Crippen molar-refractivity contribution in [2.45, 2.75) is 6.54 Å². The third-order valence-corrected chi connectivity index (χ3v) is 3.72. The summed E-state index contributed by atoms with van der Waals surface area (Å²) in [5.41, 5.74) is 2.11. The highest BCUT2D eigenvalue weighted by Crippen LogP contribution is 2.21. The molecule has 0 bridgehead atoms. The first-order chi connectivity index (χ1) is 12.7. The van der Waals surface area contributed by atoms with Crippen molar-refractivity contribution in [1.82, 2.24) is 20.7 Å². The molecule has 3 heterocycles. The van der Waals surface area contributed by atoms with Crippen molar-refractivity contribution < 1.29 is 18.1 Å². The van der Waals surface area contributed by atoms with Gasteiger partial charge >= 0.3 is 0 Å². The zero-order valence-corrected chi connectivity index (χ0v) is 13.4. The monoisotopic (exact) mass is 352 g/mol. The summed E-state index contributed by atoms with van der Waals surface area (Å²) in [5.74, 6) is 0.379. The molecule has 130 valence electrons. The van der Waals surface area contributed by atoms with Crippen molar-refractivity contribution >= 4 is 5.91 Å². The number of rotatable bonds is 5. The quantitative estimate of drug-likeness (QED) is 0.574. The van der Waals surface area contributed by atoms with Gasteiger partial charge in [-0.2, -0.15) is 5.10 Å². The van der Waals surface area contributed by atoms with Crippen LogP contribution in [0.1, 0.15) is 16.2 Å². The van der Waals surface area contributed by atoms with E-state index >= 15 is 0 Å². The number of aromatic amines is 1. The summed E-state index contributed by atoms with van der Waals surface area (Å²) in [4.78, 5) is 12.2. The molecule has 1 amide bonds. The molecule has 1 aromatic carbocycles. The third kappa shape index (κ3) is 3.25. The minimum atomic E-state index is -0.339. The van der Waals surface area contributed by atoms with E-state index in [1.807, 2.05) is 0 Å². The van der Waals surface area contributed by atoms with Crippen molar-refractivity contribution in [3.05, 3.63) is 72.0 Å². The van der Waals surface area contributed by atoms with E-state index in [0.29, 0.717) is 34.2 Å². The molecule has 4 aromatic rings. The largest absolute Gasteiger partial charge is 0.461 e. The van der Waals surface area contributed by atoms with Crippen LogP contribution in [0, 0.1) is 5.82 Å². The highest BCUT2D eigenvalue weighted by molar-refractivity contribution is 5.93. The maximum absolute atomic E-state index is 13.0. The number of nitrogens with one attached hydrogen (secondary N) is 2. The maximum Gasteiger partial charge on any atom is 0.269 e. The van der Waals surface area contributed by atoms with Gasteiger partial charge in [0.15, 0.2) is 5.76 Å². The molecule has 0 aliphatic carbocycles. The van der Waals surface area contributed by atoms with Crippen molar-refractivity contribution in [3.63, 3.8) is 0 Å². The first kappa shape index (κ1) is 15.8. The summed E-state index contributed by atoms with van der Waals surface area (Å²) < 4.78 is 23.4. The number of hydrogen-bond acceptors (Lipinski definition) is 5. The van der Waals surface area contributed by atoms with Crippen LogP contribution in [-0.4, -0.2) is 21.3 Å². The summed E-state index contributed by atoms with van der Waals surface area (Å²) in [6.45, 7) is 0.188. The van der Waals surface area contributed by atoms with E-state index in [4.69, 9.17) is 8.94 Å². The van der Waals surface area contributed by atoms with Gasteiger partial charge in [-0.1, -0.05) is 5.16 Å². The number of hydrogen-bond donors (Lipinski definition) is 2. The lowest BCUT2D eigenvalue weighted by Gasteiger charge is -1.99. The van der Waals surface area contributed by atoms with E-state index in [1.165, 1.54) is 18.4 Å². The van der Waals surface area contributed by atoms with Crippen LogP contribution in [0.2, 0.25) is 0 Å². The van der Waals surface area contributed by atoms with Crippen LogP contribution >= 0.6 is 0 Å². The molecule has 0 radical (unpaired) electrons. The highest BCUT2D eigenvalue weighted by Gasteiger charge is 2.13. The molecule has 0 aliphatic rings. The van der Waals surface area contributed by atoms with Crippen LogP contribution in [0.15, 0.2) is 63.7 Å². The Morgan fingerprint density at radius 3 is 2.77 bits per heavy atom. The zero-order chi connectivity index (χ0) is 17.9. The molecule has 0 atom stereocenters. The van der Waals surface area contributed by atoms with Gasteiger partial charge in [-0.05, 0) is 42.5 Å². The highest BCUT2D eigenvalue weighted by atomic mass is 19.1. The number of furan rings is 1. The molecule has 7 nitrogen and oxygen atoms in total. The number of amides is 1. The second-order valence-corrected chi connectivity index (χ2v) is 5.52. The predicted molar refractivity (Wildman–Crippen MR) is 89.4 cm³/mol. The second kappa shape index (κ2) is 6.67. The van der Waals surface area contributed by atoms with Gasteiger partial charge in [0.25, 0.3) is 5.91 Å². The smallest absolute Gasteiger partial charge is 0.269 e. The Labute approximate surface area is 146 Å². The number of H-pyrrole nitrogens is 1. The summed E-state index contributed by atoms with van der Waals surface area (Å²) in [6, 6.07) is 12.7. The number of nitrogens with zero attached hydrogens (tertiary/aromatic N) is 2. The van der Waals surface area contributed by atoms with Gasteiger partial charge < -0.3 is 14.3 Å². The lowest BCUT2D eigenvalue weighted by molar-refractivity contribution is 0.0945. The van der Waals surface area contributed by atoms with E-state index < -0.39 is 0 Å². The molecule has 0 fully saturated rings. The molecule has 0 saturated carbocycles. The maximum atomic E-state index is 13.0. The van der Waals surface area contributed by atoms with Crippen molar-refractivity contribution in [1.29, 1.82) is 0 Å². The third-order valence-electron chi connectivity index (χ3n) is 3.72. The van der Waals surface area contributed by atoms with Crippen molar-refractivity contribution in [3.8, 4) is 22.8 Å². The predicted octanol–water partition coefficient (Wildman–Crippen LogP) is 3.39. The number of benzene rings is 1. The lowest BCUT2D eigenvalue weighted by atomic mass is 10.1. The Balaban J connectivity index is 1.40. The molecule has 26 heavy (non-hydrogen) atoms. The van der Waals surface area contributed by atoms with Crippen LogP contribution in [-0.2, 0) is 6.54 Å². The van der Waals surface area contributed by atoms with E-state index in [1.54, 1.807) is 36.4 Å². The van der Waals surface area contributed by atoms with Gasteiger partial charge in [-0.25, -0.2) is 4.39 Å². The molecule has 4 rings (SSSR count). The van der Waals surface area contributed by atoms with Crippen molar-refractivity contribution in [2.24, 2.45) is 0 Å². The van der Waals surface area contributed by atoms with Gasteiger partial charge in [0, 0.05) is 11.6 Å². The van der Waals surface area contributed by atoms with E-state index in [2.05, 4.69) is 20.7 Å². The summed E-state index contributed by atoms with van der Waals surface area (Å²) in [5, 5.41) is 13.4. The minimum Gasteiger partial charge on any atom is -0.461 e. The molecule has 0 saturated heterocycles. The molecular formula is C18H13FN4O3. The van der Waals surface area contributed by atoms with Crippen LogP contribution in [0.3, 0.4) is 0 Å². The molecule has 0 spiro atoms. The number of carbonyl (C=O) groups is 1. The Morgan fingerprint density at radius 2 is 2.00 bits per heavy atom. The Bertz CT molecular complexity index is 1020. The fraction of sp³-hybridized carbons (Fsp3) is 0.0556. The fourth-order valence-corrected chi connectivity index (χ4v) is 2.40. The van der Waals surface area contributed by atoms with Crippen LogP contribution in [0.5, 0.6) is 0 Å². The van der Waals surface area contributed by atoms with E-state index in [-0.39, 0.29) is 18.3 Å². The topological polar surface area (TPSA) is 97.0 Å². The SMILES string of the molecule is O=C(NCc1cc(-c2ccco2)on1)c1cc(-c2ccc(F)cc2)n[nH]1. The Kier molecular flexibility index (Phi) is 4.06. The summed E-state index contributed by atoms with van der Waals surface area (Å²) in [7, 11) is 0. The molecular weight excluding hydrogens is 339 g/mol. The normalized spacial score (nSPS) is 10.8. The first-order valence-electron chi connectivity index (χ1n) is 7.78. The molecule has 8 heteroatoms. The van der Waals surface area contributed by atoms with Crippen LogP contribution < -0.4 is 5.32 Å². The summed E-state index contributed by atoms with van der Waals surface area (Å²) >= 11 is 0. The molecule has 0 aliphatic heterocycles. The van der Waals surface area contributed by atoms with Crippen LogP contribution in [0.4, 0.5) is 4.39 Å². The van der Waals surface area contributed by atoms with Gasteiger partial charge in [0.2, 0.25) is 5.76 Å². The number of aromatic nitrogens is 3. The average molecular weight is 352 g/mol. The zero-order valence-electron chi connectivity index (χ0n) is 13.4. The van der Waals surface area contributed by atoms with Gasteiger partial charge in [-0.3, -0.25) is 9.89 Å². The van der Waals surface area contributed by atoms with Crippen LogP contribution in [0.25, 0.3) is 22.8 Å². The average Bonchev–Trinajstić information content (AvgIpc) is 3.41.